The molecule has 30 heavy (non-hydrogen) atoms. The predicted molar refractivity (Wildman–Crippen MR) is 113 cm³/mol. The highest BCUT2D eigenvalue weighted by atomic mass is 16.5. The second kappa shape index (κ2) is 10.3. The summed E-state index contributed by atoms with van der Waals surface area (Å²) in [6.45, 7) is 4.39. The normalized spacial score (nSPS) is 11.7. The third kappa shape index (κ3) is 5.97. The van der Waals surface area contributed by atoms with Gasteiger partial charge in [-0.1, -0.05) is 25.1 Å². The topological polar surface area (TPSA) is 110 Å². The van der Waals surface area contributed by atoms with Crippen molar-refractivity contribution in [2.75, 3.05) is 0 Å². The Balaban J connectivity index is 1.59. The zero-order valence-corrected chi connectivity index (χ0v) is 17.1. The highest BCUT2D eigenvalue weighted by Gasteiger charge is 2.11. The number of ether oxygens (including phenoxy) is 1. The number of aryl methyl sites for hydroxylation is 1. The van der Waals surface area contributed by atoms with Crippen LogP contribution in [0.2, 0.25) is 0 Å². The molecule has 1 aromatic carbocycles. The van der Waals surface area contributed by atoms with Crippen molar-refractivity contribution in [3.05, 3.63) is 70.4 Å². The number of H-pyrrole nitrogens is 1. The third-order valence-electron chi connectivity index (χ3n) is 4.57. The van der Waals surface area contributed by atoms with Crippen molar-refractivity contribution < 1.29 is 9.53 Å². The van der Waals surface area contributed by atoms with Crippen LogP contribution >= 0.6 is 0 Å². The zero-order chi connectivity index (χ0) is 21.3. The van der Waals surface area contributed by atoms with Gasteiger partial charge in [0.25, 0.3) is 5.56 Å². The number of carbonyl (C=O) groups is 1. The molecule has 3 aromatic rings. The SMILES string of the molecule is CCC(C)Oc1cccc(-c2nnc(CCC(=O)NCc3ccccn3)c(=O)[nH]2)c1. The smallest absolute Gasteiger partial charge is 0.273 e. The average Bonchev–Trinajstić information content (AvgIpc) is 2.77. The third-order valence-corrected chi connectivity index (χ3v) is 4.57. The van der Waals surface area contributed by atoms with E-state index in [9.17, 15) is 9.59 Å². The lowest BCUT2D eigenvalue weighted by atomic mass is 10.2. The number of nitrogens with zero attached hydrogens (tertiary/aromatic N) is 3. The maximum absolute atomic E-state index is 12.4. The van der Waals surface area contributed by atoms with E-state index in [0.717, 1.165) is 12.1 Å². The Labute approximate surface area is 174 Å². The summed E-state index contributed by atoms with van der Waals surface area (Å²) in [6, 6.07) is 12.8. The van der Waals surface area contributed by atoms with Crippen LogP contribution in [0.1, 0.15) is 38.1 Å². The first-order valence-electron chi connectivity index (χ1n) is 9.94. The molecule has 0 radical (unpaired) electrons. The van der Waals surface area contributed by atoms with Crippen LogP contribution in [0.5, 0.6) is 5.75 Å². The van der Waals surface area contributed by atoms with Crippen molar-refractivity contribution in [3.8, 4) is 17.1 Å². The summed E-state index contributed by atoms with van der Waals surface area (Å²) in [4.78, 5) is 31.3. The molecular weight excluding hydrogens is 382 g/mol. The summed E-state index contributed by atoms with van der Waals surface area (Å²) in [5, 5.41) is 10.9. The first-order valence-corrected chi connectivity index (χ1v) is 9.94. The van der Waals surface area contributed by atoms with Crippen molar-refractivity contribution in [1.82, 2.24) is 25.5 Å². The molecule has 2 heterocycles. The first kappa shape index (κ1) is 21.2. The Kier molecular flexibility index (Phi) is 7.26. The fourth-order valence-electron chi connectivity index (χ4n) is 2.70. The minimum Gasteiger partial charge on any atom is -0.491 e. The minimum atomic E-state index is -0.356. The Morgan fingerprint density at radius 2 is 2.07 bits per heavy atom. The van der Waals surface area contributed by atoms with E-state index in [1.807, 2.05) is 49.4 Å². The van der Waals surface area contributed by atoms with Gasteiger partial charge in [0, 0.05) is 24.6 Å². The lowest BCUT2D eigenvalue weighted by Gasteiger charge is -2.13. The molecule has 2 N–H and O–H groups in total. The van der Waals surface area contributed by atoms with E-state index in [-0.39, 0.29) is 36.1 Å². The first-order chi connectivity index (χ1) is 14.5. The van der Waals surface area contributed by atoms with Gasteiger partial charge in [-0.25, -0.2) is 0 Å². The number of hydrogen-bond donors (Lipinski definition) is 2. The number of carbonyl (C=O) groups excluding carboxylic acids is 1. The van der Waals surface area contributed by atoms with E-state index in [1.54, 1.807) is 6.20 Å². The number of hydrogen-bond acceptors (Lipinski definition) is 6. The van der Waals surface area contributed by atoms with Gasteiger partial charge < -0.3 is 15.0 Å². The van der Waals surface area contributed by atoms with Crippen molar-refractivity contribution in [2.24, 2.45) is 0 Å². The summed E-state index contributed by atoms with van der Waals surface area (Å²) in [5.41, 5.74) is 1.34. The lowest BCUT2D eigenvalue weighted by Crippen LogP contribution is -2.25. The van der Waals surface area contributed by atoms with Gasteiger partial charge in [-0.15, -0.1) is 10.2 Å². The molecule has 3 rings (SSSR count). The molecule has 0 aliphatic heterocycles. The van der Waals surface area contributed by atoms with Gasteiger partial charge in [-0.3, -0.25) is 14.6 Å². The number of benzene rings is 1. The zero-order valence-electron chi connectivity index (χ0n) is 17.1. The molecule has 8 nitrogen and oxygen atoms in total. The number of pyridine rings is 1. The Morgan fingerprint density at radius 3 is 2.80 bits per heavy atom. The monoisotopic (exact) mass is 407 g/mol. The second-order valence-electron chi connectivity index (χ2n) is 6.91. The van der Waals surface area contributed by atoms with Crippen LogP contribution in [0, 0.1) is 0 Å². The molecule has 0 saturated heterocycles. The Bertz CT molecular complexity index is 1040. The van der Waals surface area contributed by atoms with Crippen molar-refractivity contribution in [3.63, 3.8) is 0 Å². The van der Waals surface area contributed by atoms with Crippen LogP contribution < -0.4 is 15.6 Å². The molecule has 1 atom stereocenters. The maximum atomic E-state index is 12.4. The standard InChI is InChI=1S/C22H25N5O3/c1-3-15(2)30-18-9-6-7-16(13-18)21-25-22(29)19(26-27-21)10-11-20(28)24-14-17-8-4-5-12-23-17/h4-9,12-13,15H,3,10-11,14H2,1-2H3,(H,24,28)(H,25,27,29). The van der Waals surface area contributed by atoms with Crippen LogP contribution in [-0.4, -0.2) is 32.2 Å². The Morgan fingerprint density at radius 1 is 1.20 bits per heavy atom. The van der Waals surface area contributed by atoms with Gasteiger partial charge in [0.2, 0.25) is 5.91 Å². The van der Waals surface area contributed by atoms with E-state index in [1.165, 1.54) is 0 Å². The molecule has 0 saturated carbocycles. The van der Waals surface area contributed by atoms with Crippen LogP contribution in [0.15, 0.2) is 53.5 Å². The maximum Gasteiger partial charge on any atom is 0.273 e. The van der Waals surface area contributed by atoms with Gasteiger partial charge in [0.15, 0.2) is 5.82 Å². The number of nitrogens with one attached hydrogen (secondary N) is 2. The van der Waals surface area contributed by atoms with Crippen LogP contribution in [-0.2, 0) is 17.8 Å². The van der Waals surface area contributed by atoms with E-state index in [4.69, 9.17) is 4.74 Å². The van der Waals surface area contributed by atoms with E-state index in [2.05, 4.69) is 32.4 Å². The summed E-state index contributed by atoms with van der Waals surface area (Å²) < 4.78 is 5.81. The molecule has 0 bridgehead atoms. The molecule has 8 heteroatoms. The minimum absolute atomic E-state index is 0.0941. The number of amides is 1. The van der Waals surface area contributed by atoms with Crippen LogP contribution in [0.25, 0.3) is 11.4 Å². The summed E-state index contributed by atoms with van der Waals surface area (Å²) in [6.07, 6.45) is 3.00. The van der Waals surface area contributed by atoms with Crippen LogP contribution in [0.3, 0.4) is 0 Å². The van der Waals surface area contributed by atoms with Crippen LogP contribution in [0.4, 0.5) is 0 Å². The molecule has 0 aliphatic rings. The molecule has 0 fully saturated rings. The van der Waals surface area contributed by atoms with E-state index < -0.39 is 0 Å². The van der Waals surface area contributed by atoms with Crippen molar-refractivity contribution in [2.45, 2.75) is 45.8 Å². The molecule has 156 valence electrons. The molecule has 2 aromatic heterocycles. The fourth-order valence-corrected chi connectivity index (χ4v) is 2.70. The van der Waals surface area contributed by atoms with Crippen molar-refractivity contribution >= 4 is 5.91 Å². The van der Waals surface area contributed by atoms with Gasteiger partial charge in [0.05, 0.1) is 18.3 Å². The molecule has 0 aliphatic carbocycles. The summed E-state index contributed by atoms with van der Waals surface area (Å²) in [7, 11) is 0. The van der Waals surface area contributed by atoms with Gasteiger partial charge in [-0.2, -0.15) is 0 Å². The average molecular weight is 407 g/mol. The molecular formula is C22H25N5O3. The number of aromatic amines is 1. The molecule has 1 amide bonds. The quantitative estimate of drug-likeness (QED) is 0.564. The Hall–Kier alpha value is -3.55. The van der Waals surface area contributed by atoms with Gasteiger partial charge in [-0.05, 0) is 37.6 Å². The lowest BCUT2D eigenvalue weighted by molar-refractivity contribution is -0.121. The van der Waals surface area contributed by atoms with E-state index >= 15 is 0 Å². The highest BCUT2D eigenvalue weighted by molar-refractivity contribution is 5.76. The molecule has 1 unspecified atom stereocenters. The van der Waals surface area contributed by atoms with Gasteiger partial charge >= 0.3 is 0 Å². The highest BCUT2D eigenvalue weighted by Crippen LogP contribution is 2.21. The summed E-state index contributed by atoms with van der Waals surface area (Å²) >= 11 is 0. The number of aromatic nitrogens is 4. The van der Waals surface area contributed by atoms with Gasteiger partial charge in [0.1, 0.15) is 11.4 Å². The molecule has 0 spiro atoms. The predicted octanol–water partition coefficient (Wildman–Crippen LogP) is 2.65. The fraction of sp³-hybridized carbons (Fsp3) is 0.318. The largest absolute Gasteiger partial charge is 0.491 e. The second-order valence-corrected chi connectivity index (χ2v) is 6.91. The number of rotatable bonds is 9. The summed E-state index contributed by atoms with van der Waals surface area (Å²) in [5.74, 6) is 0.886. The van der Waals surface area contributed by atoms with Crippen molar-refractivity contribution in [1.29, 1.82) is 0 Å². The van der Waals surface area contributed by atoms with E-state index in [0.29, 0.717) is 23.7 Å².